The van der Waals surface area contributed by atoms with Gasteiger partial charge in [0.25, 0.3) is 0 Å². The molecule has 26 heavy (non-hydrogen) atoms. The molecule has 0 saturated carbocycles. The summed E-state index contributed by atoms with van der Waals surface area (Å²) in [5, 5.41) is 5.25. The number of ether oxygens (including phenoxy) is 1. The predicted molar refractivity (Wildman–Crippen MR) is 110 cm³/mol. The normalized spacial score (nSPS) is 10.7. The molecule has 0 aliphatic rings. The van der Waals surface area contributed by atoms with E-state index in [1.54, 1.807) is 11.8 Å². The van der Waals surface area contributed by atoms with Crippen molar-refractivity contribution >= 4 is 28.4 Å². The van der Waals surface area contributed by atoms with Crippen LogP contribution in [0.4, 0.5) is 0 Å². The molecule has 0 radical (unpaired) electrons. The number of hydrogen-bond donors (Lipinski definition) is 1. The number of aryl methyl sites for hydroxylation is 1. The summed E-state index contributed by atoms with van der Waals surface area (Å²) in [5.41, 5.74) is 2.50. The quantitative estimate of drug-likeness (QED) is 0.594. The highest BCUT2D eigenvalue weighted by atomic mass is 32.2. The molecule has 0 atom stereocenters. The Hall–Kier alpha value is -2.46. The molecule has 3 aromatic carbocycles. The first-order valence-corrected chi connectivity index (χ1v) is 9.88. The molecule has 0 heterocycles. The Morgan fingerprint density at radius 3 is 2.58 bits per heavy atom. The predicted octanol–water partition coefficient (Wildman–Crippen LogP) is 4.58. The zero-order valence-electron chi connectivity index (χ0n) is 14.9. The Labute approximate surface area is 158 Å². The van der Waals surface area contributed by atoms with Gasteiger partial charge in [-0.05, 0) is 35.4 Å². The van der Waals surface area contributed by atoms with Crippen molar-refractivity contribution < 1.29 is 9.53 Å². The number of benzene rings is 3. The smallest absolute Gasteiger partial charge is 0.230 e. The van der Waals surface area contributed by atoms with Crippen molar-refractivity contribution in [2.75, 3.05) is 18.9 Å². The van der Waals surface area contributed by atoms with Gasteiger partial charge in [-0.2, -0.15) is 0 Å². The van der Waals surface area contributed by atoms with Gasteiger partial charge in [0.1, 0.15) is 12.4 Å². The van der Waals surface area contributed by atoms with Crippen LogP contribution in [-0.4, -0.2) is 24.8 Å². The highest BCUT2D eigenvalue weighted by Gasteiger charge is 2.02. The van der Waals surface area contributed by atoms with E-state index in [1.807, 2.05) is 30.3 Å². The third kappa shape index (κ3) is 5.53. The van der Waals surface area contributed by atoms with Gasteiger partial charge in [0, 0.05) is 5.75 Å². The molecule has 0 fully saturated rings. The summed E-state index contributed by atoms with van der Waals surface area (Å²) < 4.78 is 5.73. The van der Waals surface area contributed by atoms with Crippen LogP contribution in [-0.2, 0) is 10.5 Å². The van der Waals surface area contributed by atoms with Crippen molar-refractivity contribution in [2.24, 2.45) is 0 Å². The van der Waals surface area contributed by atoms with E-state index in [0.717, 1.165) is 16.9 Å². The van der Waals surface area contributed by atoms with E-state index in [4.69, 9.17) is 4.74 Å². The van der Waals surface area contributed by atoms with Crippen molar-refractivity contribution in [1.82, 2.24) is 5.32 Å². The third-order valence-corrected chi connectivity index (χ3v) is 5.04. The monoisotopic (exact) mass is 365 g/mol. The van der Waals surface area contributed by atoms with Crippen molar-refractivity contribution in [3.63, 3.8) is 0 Å². The number of rotatable bonds is 8. The van der Waals surface area contributed by atoms with Gasteiger partial charge >= 0.3 is 0 Å². The summed E-state index contributed by atoms with van der Waals surface area (Å²) in [7, 11) is 0. The van der Waals surface area contributed by atoms with Gasteiger partial charge in [-0.15, -0.1) is 11.8 Å². The van der Waals surface area contributed by atoms with Gasteiger partial charge in [-0.1, -0.05) is 60.2 Å². The molecule has 0 aromatic heterocycles. The van der Waals surface area contributed by atoms with Gasteiger partial charge in [-0.25, -0.2) is 0 Å². The average Bonchev–Trinajstić information content (AvgIpc) is 2.67. The summed E-state index contributed by atoms with van der Waals surface area (Å²) in [5.74, 6) is 2.18. The second-order valence-electron chi connectivity index (χ2n) is 6.19. The number of hydrogen-bond acceptors (Lipinski definition) is 3. The second-order valence-corrected chi connectivity index (χ2v) is 7.17. The number of carbonyl (C=O) groups is 1. The first-order chi connectivity index (χ1) is 12.7. The van der Waals surface area contributed by atoms with Crippen molar-refractivity contribution in [1.29, 1.82) is 0 Å². The molecule has 3 rings (SSSR count). The molecule has 1 amide bonds. The maximum absolute atomic E-state index is 11.9. The third-order valence-electron chi connectivity index (χ3n) is 4.04. The number of thioether (sulfide) groups is 1. The van der Waals surface area contributed by atoms with Crippen LogP contribution in [0.5, 0.6) is 5.75 Å². The Bertz CT molecular complexity index is 861. The van der Waals surface area contributed by atoms with Crippen LogP contribution in [0.15, 0.2) is 66.7 Å². The van der Waals surface area contributed by atoms with Gasteiger partial charge in [0.05, 0.1) is 12.3 Å². The van der Waals surface area contributed by atoms with Crippen LogP contribution in [0.3, 0.4) is 0 Å². The molecule has 0 aliphatic heterocycles. The lowest BCUT2D eigenvalue weighted by atomic mass is 10.1. The summed E-state index contributed by atoms with van der Waals surface area (Å²) in [4.78, 5) is 11.9. The molecular weight excluding hydrogens is 342 g/mol. The van der Waals surface area contributed by atoms with Crippen molar-refractivity contribution in [3.05, 3.63) is 77.9 Å². The van der Waals surface area contributed by atoms with Crippen LogP contribution in [0.25, 0.3) is 10.8 Å². The Morgan fingerprint density at radius 2 is 1.77 bits per heavy atom. The maximum atomic E-state index is 11.9. The molecule has 4 heteroatoms. The Kier molecular flexibility index (Phi) is 6.56. The van der Waals surface area contributed by atoms with Crippen LogP contribution in [0.2, 0.25) is 0 Å². The van der Waals surface area contributed by atoms with E-state index in [2.05, 4.69) is 48.6 Å². The molecule has 3 aromatic rings. The number of amides is 1. The van der Waals surface area contributed by atoms with Gasteiger partial charge in [0.15, 0.2) is 0 Å². The second kappa shape index (κ2) is 9.30. The first-order valence-electron chi connectivity index (χ1n) is 8.72. The van der Waals surface area contributed by atoms with Gasteiger partial charge < -0.3 is 10.1 Å². The van der Waals surface area contributed by atoms with E-state index in [0.29, 0.717) is 18.9 Å². The minimum Gasteiger partial charge on any atom is -0.492 e. The molecule has 134 valence electrons. The first kappa shape index (κ1) is 18.3. The minimum absolute atomic E-state index is 0.0456. The number of nitrogens with one attached hydrogen (secondary N) is 1. The lowest BCUT2D eigenvalue weighted by Crippen LogP contribution is -2.29. The molecular formula is C22H23NO2S. The molecule has 0 spiro atoms. The standard InChI is InChI=1S/C22H23NO2S/c1-17-6-8-18(9-7-17)15-26-16-22(24)23-12-13-25-21-11-10-19-4-2-3-5-20(19)14-21/h2-11,14H,12-13,15-16H2,1H3,(H,23,24). The fourth-order valence-electron chi connectivity index (χ4n) is 2.61. The SMILES string of the molecule is Cc1ccc(CSCC(=O)NCCOc2ccc3ccccc3c2)cc1. The summed E-state index contributed by atoms with van der Waals surface area (Å²) >= 11 is 1.62. The lowest BCUT2D eigenvalue weighted by molar-refractivity contribution is -0.118. The molecule has 1 N–H and O–H groups in total. The number of fused-ring (bicyclic) bond motifs is 1. The maximum Gasteiger partial charge on any atom is 0.230 e. The summed E-state index contributed by atoms with van der Waals surface area (Å²) in [6.45, 7) is 3.05. The highest BCUT2D eigenvalue weighted by molar-refractivity contribution is 7.99. The van der Waals surface area contributed by atoms with Gasteiger partial charge in [0.2, 0.25) is 5.91 Å². The average molecular weight is 365 g/mol. The molecule has 0 aliphatic carbocycles. The molecule has 0 unspecified atom stereocenters. The highest BCUT2D eigenvalue weighted by Crippen LogP contribution is 2.20. The van der Waals surface area contributed by atoms with Crippen LogP contribution >= 0.6 is 11.8 Å². The van der Waals surface area contributed by atoms with Crippen molar-refractivity contribution in [3.8, 4) is 5.75 Å². The van der Waals surface area contributed by atoms with Crippen LogP contribution in [0, 0.1) is 6.92 Å². The fraction of sp³-hybridized carbons (Fsp3) is 0.227. The van der Waals surface area contributed by atoms with Gasteiger partial charge in [-0.3, -0.25) is 4.79 Å². The zero-order valence-corrected chi connectivity index (χ0v) is 15.7. The topological polar surface area (TPSA) is 38.3 Å². The summed E-state index contributed by atoms with van der Waals surface area (Å²) in [6.07, 6.45) is 0. The summed E-state index contributed by atoms with van der Waals surface area (Å²) in [6, 6.07) is 22.6. The zero-order chi connectivity index (χ0) is 18.2. The molecule has 0 bridgehead atoms. The van der Waals surface area contributed by atoms with E-state index in [1.165, 1.54) is 16.5 Å². The van der Waals surface area contributed by atoms with Crippen LogP contribution in [0.1, 0.15) is 11.1 Å². The Morgan fingerprint density at radius 1 is 1.00 bits per heavy atom. The lowest BCUT2D eigenvalue weighted by Gasteiger charge is -2.09. The number of carbonyl (C=O) groups excluding carboxylic acids is 1. The van der Waals surface area contributed by atoms with E-state index < -0.39 is 0 Å². The minimum atomic E-state index is 0.0456. The van der Waals surface area contributed by atoms with E-state index in [-0.39, 0.29) is 5.91 Å². The fourth-order valence-corrected chi connectivity index (χ4v) is 3.43. The van der Waals surface area contributed by atoms with Crippen LogP contribution < -0.4 is 10.1 Å². The van der Waals surface area contributed by atoms with E-state index >= 15 is 0 Å². The van der Waals surface area contributed by atoms with E-state index in [9.17, 15) is 4.79 Å². The largest absolute Gasteiger partial charge is 0.492 e. The molecule has 0 saturated heterocycles. The Balaban J connectivity index is 1.33. The molecule has 3 nitrogen and oxygen atoms in total. The van der Waals surface area contributed by atoms with Crippen molar-refractivity contribution in [2.45, 2.75) is 12.7 Å².